The maximum absolute atomic E-state index is 11.7. The van der Waals surface area contributed by atoms with Crippen molar-refractivity contribution < 1.29 is 4.79 Å². The van der Waals surface area contributed by atoms with Gasteiger partial charge in [0.2, 0.25) is 5.82 Å². The number of nitriles is 1. The Morgan fingerprint density at radius 1 is 0.902 bits per heavy atom. The van der Waals surface area contributed by atoms with Gasteiger partial charge in [0.05, 0.1) is 11.4 Å². The van der Waals surface area contributed by atoms with Gasteiger partial charge in [-0.2, -0.15) is 5.26 Å². The first-order valence-corrected chi connectivity index (χ1v) is 13.4. The summed E-state index contributed by atoms with van der Waals surface area (Å²) in [5, 5.41) is 12.5. The van der Waals surface area contributed by atoms with Crippen LogP contribution in [-0.4, -0.2) is 54.9 Å². The quantitative estimate of drug-likeness (QED) is 0.309. The highest BCUT2D eigenvalue weighted by Gasteiger charge is 2.20. The van der Waals surface area contributed by atoms with E-state index < -0.39 is 5.91 Å². The third kappa shape index (κ3) is 5.85. The summed E-state index contributed by atoms with van der Waals surface area (Å²) < 4.78 is 0. The predicted octanol–water partition coefficient (Wildman–Crippen LogP) is 4.20. The average molecular weight is 542 g/mol. The normalized spacial score (nSPS) is 14.0. The van der Waals surface area contributed by atoms with Crippen molar-refractivity contribution in [3.05, 3.63) is 96.1 Å². The summed E-state index contributed by atoms with van der Waals surface area (Å²) in [5.74, 6) is 0.264. The van der Waals surface area contributed by atoms with E-state index in [0.717, 1.165) is 49.3 Å². The molecule has 10 nitrogen and oxygen atoms in total. The van der Waals surface area contributed by atoms with Gasteiger partial charge in [-0.15, -0.1) is 0 Å². The van der Waals surface area contributed by atoms with Crippen LogP contribution in [0.25, 0.3) is 33.7 Å². The number of hydrogen-bond donors (Lipinski definition) is 2. The molecule has 10 heteroatoms. The van der Waals surface area contributed by atoms with Crippen LogP contribution in [0.15, 0.2) is 79.0 Å². The molecule has 1 aliphatic rings. The molecule has 1 amide bonds. The Labute approximate surface area is 236 Å². The molecule has 2 aromatic carbocycles. The van der Waals surface area contributed by atoms with Gasteiger partial charge >= 0.3 is 0 Å². The number of aromatic nitrogens is 5. The minimum atomic E-state index is -0.603. The van der Waals surface area contributed by atoms with E-state index in [-0.39, 0.29) is 11.5 Å². The number of benzene rings is 2. The third-order valence-electron chi connectivity index (χ3n) is 7.16. The number of nitrogens with zero attached hydrogens (tertiary/aromatic N) is 7. The Balaban J connectivity index is 1.18. The van der Waals surface area contributed by atoms with Crippen LogP contribution in [0.3, 0.4) is 0 Å². The number of piperidine rings is 1. The number of hydrogen-bond acceptors (Lipinski definition) is 9. The smallest absolute Gasteiger partial charge is 0.267 e. The molecule has 1 fully saturated rings. The molecule has 202 valence electrons. The number of primary amides is 1. The summed E-state index contributed by atoms with van der Waals surface area (Å²) in [6, 6.07) is 25.7. The van der Waals surface area contributed by atoms with Crippen molar-refractivity contribution in [3.63, 3.8) is 0 Å². The number of rotatable bonds is 7. The molecule has 0 atom stereocenters. The average Bonchev–Trinajstić information content (AvgIpc) is 3.02. The van der Waals surface area contributed by atoms with E-state index in [0.29, 0.717) is 28.7 Å². The first-order chi connectivity index (χ1) is 20.1. The lowest BCUT2D eigenvalue weighted by Gasteiger charge is -2.32. The van der Waals surface area contributed by atoms with Crippen molar-refractivity contribution >= 4 is 22.9 Å². The van der Waals surface area contributed by atoms with E-state index in [1.165, 1.54) is 5.56 Å². The van der Waals surface area contributed by atoms with E-state index in [2.05, 4.69) is 49.4 Å². The molecule has 41 heavy (non-hydrogen) atoms. The Hall–Kier alpha value is -5.27. The standard InChI is InChI=1S/C31H27N9O/c32-18-27-34-15-12-26(38-27)35-23-13-16-40(17-14-23)19-20-6-8-22(9-7-20)29-28(21-4-2-1-3-5-21)36-25-11-10-24(30(33)41)37-31(25)39-29/h1-12,15,23H,13-14,16-17,19H2,(H2,33,41)(H,34,35,38). The summed E-state index contributed by atoms with van der Waals surface area (Å²) in [6.07, 6.45) is 3.57. The Morgan fingerprint density at radius 2 is 1.63 bits per heavy atom. The van der Waals surface area contributed by atoms with Gasteiger partial charge in [0, 0.05) is 43.0 Å². The predicted molar refractivity (Wildman–Crippen MR) is 155 cm³/mol. The van der Waals surface area contributed by atoms with Gasteiger partial charge in [-0.3, -0.25) is 9.69 Å². The zero-order valence-corrected chi connectivity index (χ0v) is 22.2. The van der Waals surface area contributed by atoms with Crippen molar-refractivity contribution in [3.8, 4) is 28.6 Å². The summed E-state index contributed by atoms with van der Waals surface area (Å²) in [4.78, 5) is 36.4. The molecule has 0 unspecified atom stereocenters. The molecule has 5 aromatic rings. The van der Waals surface area contributed by atoms with E-state index in [1.807, 2.05) is 36.4 Å². The lowest BCUT2D eigenvalue weighted by atomic mass is 10.0. The molecule has 0 aliphatic carbocycles. The van der Waals surface area contributed by atoms with Crippen molar-refractivity contribution in [2.75, 3.05) is 18.4 Å². The van der Waals surface area contributed by atoms with Crippen molar-refractivity contribution in [2.45, 2.75) is 25.4 Å². The lowest BCUT2D eigenvalue weighted by Crippen LogP contribution is -2.38. The van der Waals surface area contributed by atoms with Crippen LogP contribution in [0.1, 0.15) is 34.7 Å². The van der Waals surface area contributed by atoms with Crippen LogP contribution in [0.4, 0.5) is 5.82 Å². The molecule has 0 saturated carbocycles. The second-order valence-corrected chi connectivity index (χ2v) is 9.96. The molecule has 0 radical (unpaired) electrons. The maximum atomic E-state index is 11.7. The second-order valence-electron chi connectivity index (χ2n) is 9.96. The number of pyridine rings is 1. The molecule has 6 rings (SSSR count). The van der Waals surface area contributed by atoms with Gasteiger partial charge in [-0.1, -0.05) is 54.6 Å². The monoisotopic (exact) mass is 541 g/mol. The van der Waals surface area contributed by atoms with Gasteiger partial charge < -0.3 is 11.1 Å². The molecule has 3 aromatic heterocycles. The fourth-order valence-electron chi connectivity index (χ4n) is 5.04. The molecule has 3 N–H and O–H groups in total. The van der Waals surface area contributed by atoms with Crippen LogP contribution in [0.5, 0.6) is 0 Å². The second kappa shape index (κ2) is 11.5. The van der Waals surface area contributed by atoms with Gasteiger partial charge in [0.1, 0.15) is 23.1 Å². The Bertz CT molecular complexity index is 1740. The van der Waals surface area contributed by atoms with Gasteiger partial charge in [0.25, 0.3) is 5.91 Å². The first-order valence-electron chi connectivity index (χ1n) is 13.4. The van der Waals surface area contributed by atoms with Crippen LogP contribution in [0, 0.1) is 11.3 Å². The molecular weight excluding hydrogens is 514 g/mol. The van der Waals surface area contributed by atoms with E-state index in [4.69, 9.17) is 21.0 Å². The van der Waals surface area contributed by atoms with Crippen molar-refractivity contribution in [2.24, 2.45) is 5.73 Å². The van der Waals surface area contributed by atoms with Crippen molar-refractivity contribution in [1.82, 2.24) is 29.8 Å². The molecular formula is C31H27N9O. The zero-order valence-electron chi connectivity index (χ0n) is 22.2. The molecule has 1 aliphatic heterocycles. The van der Waals surface area contributed by atoms with E-state index in [1.54, 1.807) is 24.4 Å². The highest BCUT2D eigenvalue weighted by Crippen LogP contribution is 2.31. The molecule has 0 bridgehead atoms. The number of nitrogens with one attached hydrogen (secondary N) is 1. The highest BCUT2D eigenvalue weighted by molar-refractivity contribution is 5.93. The maximum Gasteiger partial charge on any atom is 0.267 e. The fourth-order valence-corrected chi connectivity index (χ4v) is 5.04. The lowest BCUT2D eigenvalue weighted by molar-refractivity contribution is 0.0996. The SMILES string of the molecule is N#Cc1nccc(NC2CCN(Cc3ccc(-c4nc5nc(C(N)=O)ccc5nc4-c4ccccc4)cc3)CC2)n1. The number of anilines is 1. The molecule has 0 spiro atoms. The van der Waals surface area contributed by atoms with E-state index in [9.17, 15) is 4.79 Å². The summed E-state index contributed by atoms with van der Waals surface area (Å²) in [6.45, 7) is 2.76. The number of carbonyl (C=O) groups is 1. The van der Waals surface area contributed by atoms with Gasteiger partial charge in [-0.05, 0) is 36.6 Å². The van der Waals surface area contributed by atoms with Crippen LogP contribution in [-0.2, 0) is 6.54 Å². The third-order valence-corrected chi connectivity index (χ3v) is 7.16. The minimum Gasteiger partial charge on any atom is -0.367 e. The largest absolute Gasteiger partial charge is 0.367 e. The summed E-state index contributed by atoms with van der Waals surface area (Å²) >= 11 is 0. The first kappa shape index (κ1) is 26.0. The summed E-state index contributed by atoms with van der Waals surface area (Å²) in [7, 11) is 0. The van der Waals surface area contributed by atoms with E-state index >= 15 is 0 Å². The number of nitrogens with two attached hydrogens (primary N) is 1. The van der Waals surface area contributed by atoms with Crippen LogP contribution in [0.2, 0.25) is 0 Å². The number of amides is 1. The van der Waals surface area contributed by atoms with Crippen LogP contribution < -0.4 is 11.1 Å². The topological polar surface area (TPSA) is 147 Å². The Kier molecular flexibility index (Phi) is 7.26. The number of fused-ring (bicyclic) bond motifs is 1. The van der Waals surface area contributed by atoms with Crippen molar-refractivity contribution in [1.29, 1.82) is 5.26 Å². The fraction of sp³-hybridized carbons (Fsp3) is 0.194. The number of carbonyl (C=O) groups excluding carboxylic acids is 1. The Morgan fingerprint density at radius 3 is 2.37 bits per heavy atom. The summed E-state index contributed by atoms with van der Waals surface area (Å²) in [5.41, 5.74) is 11.1. The minimum absolute atomic E-state index is 0.156. The highest BCUT2D eigenvalue weighted by atomic mass is 16.1. The molecule has 4 heterocycles. The van der Waals surface area contributed by atoms with Gasteiger partial charge in [-0.25, -0.2) is 24.9 Å². The van der Waals surface area contributed by atoms with Crippen LogP contribution >= 0.6 is 0 Å². The molecule has 1 saturated heterocycles. The van der Waals surface area contributed by atoms with Gasteiger partial charge in [0.15, 0.2) is 5.65 Å². The zero-order chi connectivity index (χ0) is 28.2. The number of likely N-dealkylation sites (tertiary alicyclic amines) is 1.